The number of hydrogen-bond donors (Lipinski definition) is 2. The number of ketones is 4. The average Bonchev–Trinajstić information content (AvgIpc) is 2.54. The molecule has 0 aliphatic heterocycles. The summed E-state index contributed by atoms with van der Waals surface area (Å²) in [6.07, 6.45) is 1.07. The lowest BCUT2D eigenvalue weighted by Crippen LogP contribution is -2.27. The average molecular weight is 398 g/mol. The number of carboxylic acids is 2. The maximum Gasteiger partial charge on any atom is 0.306 e. The Kier molecular flexibility index (Phi) is 11.1. The van der Waals surface area contributed by atoms with Crippen LogP contribution in [0.15, 0.2) is 0 Å². The van der Waals surface area contributed by atoms with Crippen molar-refractivity contribution >= 4 is 35.1 Å². The molecule has 0 saturated carbocycles. The van der Waals surface area contributed by atoms with Gasteiger partial charge >= 0.3 is 11.9 Å². The number of carbonyl (C=O) groups is 6. The molecule has 0 fully saturated rings. The molecule has 0 aromatic rings. The third-order valence-electron chi connectivity index (χ3n) is 5.06. The van der Waals surface area contributed by atoms with Crippen LogP contribution in [-0.4, -0.2) is 45.3 Å². The van der Waals surface area contributed by atoms with Crippen LogP contribution in [0.4, 0.5) is 0 Å². The molecule has 8 heteroatoms. The summed E-state index contributed by atoms with van der Waals surface area (Å²) >= 11 is 0. The quantitative estimate of drug-likeness (QED) is 0.316. The van der Waals surface area contributed by atoms with E-state index in [1.54, 1.807) is 0 Å². The highest BCUT2D eigenvalue weighted by Crippen LogP contribution is 2.24. The largest absolute Gasteiger partial charge is 0.481 e. The van der Waals surface area contributed by atoms with Gasteiger partial charge in [0.25, 0.3) is 0 Å². The van der Waals surface area contributed by atoms with Crippen LogP contribution in [-0.2, 0) is 28.8 Å². The van der Waals surface area contributed by atoms with Crippen LogP contribution in [0, 0.1) is 23.7 Å². The van der Waals surface area contributed by atoms with E-state index in [4.69, 9.17) is 0 Å². The first-order chi connectivity index (χ1) is 12.9. The number of carbonyl (C=O) groups excluding carboxylic acids is 4. The highest BCUT2D eigenvalue weighted by atomic mass is 16.4. The van der Waals surface area contributed by atoms with Gasteiger partial charge < -0.3 is 10.2 Å². The minimum Gasteiger partial charge on any atom is -0.481 e. The topological polar surface area (TPSA) is 143 Å². The van der Waals surface area contributed by atoms with Crippen molar-refractivity contribution in [3.63, 3.8) is 0 Å². The lowest BCUT2D eigenvalue weighted by atomic mass is 9.84. The van der Waals surface area contributed by atoms with E-state index >= 15 is 0 Å². The first kappa shape index (κ1) is 25.6. The number of unbranched alkanes of at least 4 members (excludes halogenated alkanes) is 1. The first-order valence-electron chi connectivity index (χ1n) is 9.35. The van der Waals surface area contributed by atoms with Gasteiger partial charge in [-0.3, -0.25) is 28.8 Å². The molecular formula is C20H30O8. The normalized spacial score (nSPS) is 13.2. The Morgan fingerprint density at radius 2 is 0.821 bits per heavy atom. The van der Waals surface area contributed by atoms with Crippen LogP contribution in [0.1, 0.15) is 66.2 Å². The summed E-state index contributed by atoms with van der Waals surface area (Å²) in [6.45, 7) is 5.01. The van der Waals surface area contributed by atoms with Crippen molar-refractivity contribution < 1.29 is 39.0 Å². The van der Waals surface area contributed by atoms with E-state index in [0.29, 0.717) is 12.8 Å². The Hall–Kier alpha value is -2.38. The summed E-state index contributed by atoms with van der Waals surface area (Å²) in [5, 5.41) is 18.7. The molecule has 0 radical (unpaired) electrons. The van der Waals surface area contributed by atoms with E-state index in [-0.39, 0.29) is 48.8 Å². The molecule has 0 aromatic heterocycles. The van der Waals surface area contributed by atoms with E-state index in [2.05, 4.69) is 0 Å². The molecular weight excluding hydrogens is 368 g/mol. The van der Waals surface area contributed by atoms with Crippen LogP contribution in [0.5, 0.6) is 0 Å². The van der Waals surface area contributed by atoms with Crippen LogP contribution >= 0.6 is 0 Å². The minimum absolute atomic E-state index is 0.0703. The number of rotatable bonds is 15. The lowest BCUT2D eigenvalue weighted by molar-refractivity contribution is -0.145. The zero-order valence-corrected chi connectivity index (χ0v) is 16.9. The maximum absolute atomic E-state index is 11.5. The smallest absolute Gasteiger partial charge is 0.306 e. The number of Topliss-reactive ketones (excluding diaryl/α,β-unsaturated/α-hetero) is 4. The van der Waals surface area contributed by atoms with Crippen molar-refractivity contribution in [2.45, 2.75) is 66.2 Å². The predicted molar refractivity (Wildman–Crippen MR) is 99.7 cm³/mol. The van der Waals surface area contributed by atoms with Gasteiger partial charge in [0.05, 0.1) is 23.7 Å². The summed E-state index contributed by atoms with van der Waals surface area (Å²) in [7, 11) is 0. The highest BCUT2D eigenvalue weighted by Gasteiger charge is 2.29. The lowest BCUT2D eigenvalue weighted by Gasteiger charge is -2.19. The van der Waals surface area contributed by atoms with Gasteiger partial charge in [0, 0.05) is 0 Å². The molecule has 0 spiro atoms. The molecule has 8 nitrogen and oxygen atoms in total. The van der Waals surface area contributed by atoms with Gasteiger partial charge in [-0.1, -0.05) is 12.8 Å². The van der Waals surface area contributed by atoms with E-state index < -0.39 is 35.6 Å². The molecule has 28 heavy (non-hydrogen) atoms. The van der Waals surface area contributed by atoms with E-state index in [0.717, 1.165) is 0 Å². The van der Waals surface area contributed by atoms with Gasteiger partial charge in [-0.25, -0.2) is 0 Å². The molecule has 0 rings (SSSR count). The second-order valence-electron chi connectivity index (χ2n) is 7.37. The van der Waals surface area contributed by atoms with Crippen molar-refractivity contribution in [1.29, 1.82) is 0 Å². The second kappa shape index (κ2) is 12.2. The molecule has 0 saturated heterocycles. The van der Waals surface area contributed by atoms with Crippen molar-refractivity contribution in [2.75, 3.05) is 0 Å². The van der Waals surface area contributed by atoms with E-state index in [1.807, 2.05) is 0 Å². The van der Waals surface area contributed by atoms with Crippen LogP contribution in [0.3, 0.4) is 0 Å². The Balaban J connectivity index is 4.78. The van der Waals surface area contributed by atoms with Gasteiger partial charge in [0.1, 0.15) is 23.1 Å². The van der Waals surface area contributed by atoms with Crippen molar-refractivity contribution in [1.82, 2.24) is 0 Å². The third kappa shape index (κ3) is 9.01. The third-order valence-corrected chi connectivity index (χ3v) is 5.06. The van der Waals surface area contributed by atoms with Gasteiger partial charge in [-0.15, -0.1) is 0 Å². The Bertz CT molecular complexity index is 540. The number of carboxylic acid groups (broad SMARTS) is 2. The number of aliphatic carboxylic acids is 2. The summed E-state index contributed by atoms with van der Waals surface area (Å²) in [6, 6.07) is 0. The first-order valence-corrected chi connectivity index (χ1v) is 9.35. The molecule has 0 aliphatic rings. The Morgan fingerprint density at radius 3 is 1.00 bits per heavy atom. The monoisotopic (exact) mass is 398 g/mol. The highest BCUT2D eigenvalue weighted by molar-refractivity contribution is 6.01. The Labute approximate surface area is 164 Å². The van der Waals surface area contributed by atoms with Crippen molar-refractivity contribution in [2.24, 2.45) is 23.7 Å². The SMILES string of the molecule is CC(=O)C(CC(CCCCC(CC(C(C)=O)C(C)=O)C(=O)O)C(=O)O)C(C)=O. The molecule has 0 bridgehead atoms. The van der Waals surface area contributed by atoms with E-state index in [1.165, 1.54) is 27.7 Å². The standard InChI is InChI=1S/C20H30O8/c1-11(21)17(12(2)22)9-15(19(25)26)7-5-6-8-16(20(27)28)10-18(13(3)23)14(4)24/h15-18H,5-10H2,1-4H3,(H,25,26)(H,27,28). The van der Waals surface area contributed by atoms with Crippen molar-refractivity contribution in [3.05, 3.63) is 0 Å². The molecule has 0 amide bonds. The van der Waals surface area contributed by atoms with Gasteiger partial charge in [-0.2, -0.15) is 0 Å². The molecule has 2 unspecified atom stereocenters. The summed E-state index contributed by atoms with van der Waals surface area (Å²) in [4.78, 5) is 68.9. The predicted octanol–water partition coefficient (Wildman–Crippen LogP) is 2.32. The molecule has 0 aliphatic carbocycles. The van der Waals surface area contributed by atoms with Crippen LogP contribution in [0.2, 0.25) is 0 Å². The van der Waals surface area contributed by atoms with Gasteiger partial charge in [0.15, 0.2) is 0 Å². The summed E-state index contributed by atoms with van der Waals surface area (Å²) < 4.78 is 0. The molecule has 2 N–H and O–H groups in total. The zero-order valence-electron chi connectivity index (χ0n) is 16.9. The second-order valence-corrected chi connectivity index (χ2v) is 7.37. The molecule has 0 heterocycles. The fourth-order valence-electron chi connectivity index (χ4n) is 3.27. The molecule has 158 valence electrons. The van der Waals surface area contributed by atoms with E-state index in [9.17, 15) is 39.0 Å². The Morgan fingerprint density at radius 1 is 0.571 bits per heavy atom. The summed E-state index contributed by atoms with van der Waals surface area (Å²) in [5.41, 5.74) is 0. The maximum atomic E-state index is 11.5. The fourth-order valence-corrected chi connectivity index (χ4v) is 3.27. The minimum atomic E-state index is -1.10. The van der Waals surface area contributed by atoms with Crippen LogP contribution in [0.25, 0.3) is 0 Å². The summed E-state index contributed by atoms with van der Waals surface area (Å²) in [5.74, 6) is -7.32. The number of hydrogen-bond acceptors (Lipinski definition) is 6. The van der Waals surface area contributed by atoms with Gasteiger partial charge in [0.2, 0.25) is 0 Å². The van der Waals surface area contributed by atoms with Gasteiger partial charge in [-0.05, 0) is 53.4 Å². The molecule has 0 aromatic carbocycles. The fraction of sp³-hybridized carbons (Fsp3) is 0.700. The van der Waals surface area contributed by atoms with Crippen molar-refractivity contribution in [3.8, 4) is 0 Å². The zero-order chi connectivity index (χ0) is 22.0. The van der Waals surface area contributed by atoms with Crippen LogP contribution < -0.4 is 0 Å². The molecule has 2 atom stereocenters.